The second kappa shape index (κ2) is 7.11. The molecule has 1 fully saturated rings. The third kappa shape index (κ3) is 3.89. The lowest BCUT2D eigenvalue weighted by atomic mass is 10.1. The average Bonchev–Trinajstić information content (AvgIpc) is 2.58. The Hall–Kier alpha value is -1.91. The van der Waals surface area contributed by atoms with E-state index in [0.717, 1.165) is 13.1 Å². The van der Waals surface area contributed by atoms with Gasteiger partial charge in [-0.25, -0.2) is 4.39 Å². The highest BCUT2D eigenvalue weighted by molar-refractivity contribution is 6.30. The number of piperazine rings is 1. The molecule has 0 aromatic heterocycles. The lowest BCUT2D eigenvalue weighted by molar-refractivity contribution is 0.0627. The summed E-state index contributed by atoms with van der Waals surface area (Å²) in [4.78, 5) is 16.4. The Morgan fingerprint density at radius 3 is 2.30 bits per heavy atom. The molecule has 3 rings (SSSR count). The maximum atomic E-state index is 13.7. The number of hydrogen-bond acceptors (Lipinski definition) is 2. The van der Waals surface area contributed by atoms with Gasteiger partial charge >= 0.3 is 0 Å². The van der Waals surface area contributed by atoms with Gasteiger partial charge in [0.25, 0.3) is 5.91 Å². The summed E-state index contributed by atoms with van der Waals surface area (Å²) in [6.07, 6.45) is 0. The van der Waals surface area contributed by atoms with Gasteiger partial charge in [0.05, 0.1) is 0 Å². The molecule has 120 valence electrons. The van der Waals surface area contributed by atoms with Crippen LogP contribution in [0.4, 0.5) is 4.39 Å². The Morgan fingerprint density at radius 1 is 1.00 bits per heavy atom. The van der Waals surface area contributed by atoms with Gasteiger partial charge in [-0.05, 0) is 30.3 Å². The van der Waals surface area contributed by atoms with Crippen molar-refractivity contribution in [3.63, 3.8) is 0 Å². The van der Waals surface area contributed by atoms with Crippen LogP contribution >= 0.6 is 11.6 Å². The topological polar surface area (TPSA) is 23.6 Å². The normalized spacial score (nSPS) is 15.7. The van der Waals surface area contributed by atoms with Crippen molar-refractivity contribution in [3.8, 4) is 0 Å². The largest absolute Gasteiger partial charge is 0.336 e. The van der Waals surface area contributed by atoms with Gasteiger partial charge in [0.1, 0.15) is 5.82 Å². The van der Waals surface area contributed by atoms with Crippen LogP contribution in [-0.2, 0) is 6.54 Å². The molecule has 1 aliphatic heterocycles. The van der Waals surface area contributed by atoms with Gasteiger partial charge < -0.3 is 4.90 Å². The van der Waals surface area contributed by atoms with Crippen LogP contribution in [-0.4, -0.2) is 41.9 Å². The van der Waals surface area contributed by atoms with Crippen LogP contribution < -0.4 is 0 Å². The number of halogens is 2. The molecule has 2 aromatic carbocycles. The van der Waals surface area contributed by atoms with E-state index >= 15 is 0 Å². The molecule has 0 atom stereocenters. The first-order chi connectivity index (χ1) is 11.1. The van der Waals surface area contributed by atoms with Gasteiger partial charge in [0.2, 0.25) is 0 Å². The highest BCUT2D eigenvalue weighted by atomic mass is 35.5. The zero-order valence-corrected chi connectivity index (χ0v) is 13.5. The number of carbonyl (C=O) groups is 1. The molecule has 0 aliphatic carbocycles. The molecular formula is C18H18ClFN2O. The Labute approximate surface area is 140 Å². The molecule has 3 nitrogen and oxygen atoms in total. The summed E-state index contributed by atoms with van der Waals surface area (Å²) in [6.45, 7) is 3.36. The van der Waals surface area contributed by atoms with Crippen LogP contribution in [0.15, 0.2) is 48.5 Å². The molecule has 0 saturated carbocycles. The molecule has 0 bridgehead atoms. The highest BCUT2D eigenvalue weighted by Crippen LogP contribution is 2.15. The molecular weight excluding hydrogens is 315 g/mol. The predicted molar refractivity (Wildman–Crippen MR) is 89.0 cm³/mol. The van der Waals surface area contributed by atoms with E-state index in [1.165, 1.54) is 6.07 Å². The zero-order chi connectivity index (χ0) is 16.2. The number of benzene rings is 2. The summed E-state index contributed by atoms with van der Waals surface area (Å²) in [5.74, 6) is -0.153. The molecule has 0 radical (unpaired) electrons. The molecule has 0 unspecified atom stereocenters. The van der Waals surface area contributed by atoms with E-state index in [0.29, 0.717) is 35.8 Å². The summed E-state index contributed by atoms with van der Waals surface area (Å²) in [5, 5.41) is 0.622. The standard InChI is InChI=1S/C18H18ClFN2O/c19-16-7-5-14(6-8-16)18(23)22-11-9-21(10-12-22)13-15-3-1-2-4-17(15)20/h1-8H,9-13H2. The molecule has 1 saturated heterocycles. The zero-order valence-electron chi connectivity index (χ0n) is 12.7. The van der Waals surface area contributed by atoms with E-state index in [-0.39, 0.29) is 11.7 Å². The van der Waals surface area contributed by atoms with Crippen LogP contribution in [0.1, 0.15) is 15.9 Å². The van der Waals surface area contributed by atoms with Crippen molar-refractivity contribution in [1.29, 1.82) is 0 Å². The van der Waals surface area contributed by atoms with Gasteiger partial charge in [-0.1, -0.05) is 29.8 Å². The van der Waals surface area contributed by atoms with Crippen molar-refractivity contribution in [2.24, 2.45) is 0 Å². The smallest absolute Gasteiger partial charge is 0.253 e. The van der Waals surface area contributed by atoms with Crippen molar-refractivity contribution >= 4 is 17.5 Å². The summed E-state index contributed by atoms with van der Waals surface area (Å²) in [7, 11) is 0. The highest BCUT2D eigenvalue weighted by Gasteiger charge is 2.22. The number of rotatable bonds is 3. The molecule has 2 aromatic rings. The monoisotopic (exact) mass is 332 g/mol. The Morgan fingerprint density at radius 2 is 1.65 bits per heavy atom. The number of carbonyl (C=O) groups excluding carboxylic acids is 1. The van der Waals surface area contributed by atoms with Crippen LogP contribution in [0, 0.1) is 5.82 Å². The van der Waals surface area contributed by atoms with E-state index in [1.54, 1.807) is 36.4 Å². The molecule has 1 heterocycles. The minimum Gasteiger partial charge on any atom is -0.336 e. The fourth-order valence-electron chi connectivity index (χ4n) is 2.75. The van der Waals surface area contributed by atoms with E-state index in [9.17, 15) is 9.18 Å². The van der Waals surface area contributed by atoms with E-state index in [4.69, 9.17) is 11.6 Å². The van der Waals surface area contributed by atoms with Crippen molar-refractivity contribution in [3.05, 3.63) is 70.5 Å². The maximum Gasteiger partial charge on any atom is 0.253 e. The Bertz CT molecular complexity index is 682. The first-order valence-corrected chi connectivity index (χ1v) is 8.02. The third-order valence-corrected chi connectivity index (χ3v) is 4.35. The van der Waals surface area contributed by atoms with Crippen molar-refractivity contribution < 1.29 is 9.18 Å². The molecule has 5 heteroatoms. The molecule has 0 spiro atoms. The van der Waals surface area contributed by atoms with Crippen molar-refractivity contribution in [2.75, 3.05) is 26.2 Å². The van der Waals surface area contributed by atoms with Crippen molar-refractivity contribution in [1.82, 2.24) is 9.80 Å². The van der Waals surface area contributed by atoms with Crippen LogP contribution in [0.5, 0.6) is 0 Å². The summed E-state index contributed by atoms with van der Waals surface area (Å²) < 4.78 is 13.7. The second-order valence-corrected chi connectivity index (χ2v) is 6.10. The van der Waals surface area contributed by atoms with Gasteiger partial charge in [-0.3, -0.25) is 9.69 Å². The first-order valence-electron chi connectivity index (χ1n) is 7.64. The molecule has 23 heavy (non-hydrogen) atoms. The lowest BCUT2D eigenvalue weighted by Gasteiger charge is -2.34. The fraction of sp³-hybridized carbons (Fsp3) is 0.278. The average molecular weight is 333 g/mol. The number of amides is 1. The quantitative estimate of drug-likeness (QED) is 0.859. The summed E-state index contributed by atoms with van der Waals surface area (Å²) in [5.41, 5.74) is 1.35. The van der Waals surface area contributed by atoms with Crippen molar-refractivity contribution in [2.45, 2.75) is 6.54 Å². The van der Waals surface area contributed by atoms with E-state index in [1.807, 2.05) is 11.0 Å². The minimum atomic E-state index is -0.174. The maximum absolute atomic E-state index is 13.7. The third-order valence-electron chi connectivity index (χ3n) is 4.10. The molecule has 1 amide bonds. The Balaban J connectivity index is 1.57. The second-order valence-electron chi connectivity index (χ2n) is 5.67. The van der Waals surface area contributed by atoms with Crippen LogP contribution in [0.3, 0.4) is 0 Å². The summed E-state index contributed by atoms with van der Waals surface area (Å²) in [6, 6.07) is 13.8. The molecule has 1 aliphatic rings. The van der Waals surface area contributed by atoms with E-state index in [2.05, 4.69) is 4.90 Å². The SMILES string of the molecule is O=C(c1ccc(Cl)cc1)N1CCN(Cc2ccccc2F)CC1. The fourth-order valence-corrected chi connectivity index (χ4v) is 2.88. The number of hydrogen-bond donors (Lipinski definition) is 0. The van der Waals surface area contributed by atoms with Crippen LogP contribution in [0.2, 0.25) is 5.02 Å². The van der Waals surface area contributed by atoms with Gasteiger partial charge in [0, 0.05) is 48.9 Å². The van der Waals surface area contributed by atoms with Gasteiger partial charge in [-0.2, -0.15) is 0 Å². The lowest BCUT2D eigenvalue weighted by Crippen LogP contribution is -2.48. The van der Waals surface area contributed by atoms with Gasteiger partial charge in [0.15, 0.2) is 0 Å². The summed E-state index contributed by atoms with van der Waals surface area (Å²) >= 11 is 5.85. The van der Waals surface area contributed by atoms with E-state index < -0.39 is 0 Å². The first kappa shape index (κ1) is 16.0. The predicted octanol–water partition coefficient (Wildman–Crippen LogP) is 3.44. The minimum absolute atomic E-state index is 0.0206. The van der Waals surface area contributed by atoms with Gasteiger partial charge in [-0.15, -0.1) is 0 Å². The number of nitrogens with zero attached hydrogens (tertiary/aromatic N) is 2. The Kier molecular flexibility index (Phi) is 4.94. The molecule has 0 N–H and O–H groups in total. The van der Waals surface area contributed by atoms with Crippen LogP contribution in [0.25, 0.3) is 0 Å².